The first-order valence-corrected chi connectivity index (χ1v) is 6.16. The Bertz CT molecular complexity index is 370. The van der Waals surface area contributed by atoms with Gasteiger partial charge in [0.05, 0.1) is 12.6 Å². The van der Waals surface area contributed by atoms with Gasteiger partial charge < -0.3 is 10.1 Å². The third kappa shape index (κ3) is 4.22. The number of alkyl halides is 4. The van der Waals surface area contributed by atoms with Crippen LogP contribution in [0.15, 0.2) is 12.1 Å². The number of aryl methyl sites for hydroxylation is 1. The minimum atomic E-state index is -4.09. The molecule has 0 saturated heterocycles. The normalized spacial score (nSPS) is 14.2. The molecule has 0 fully saturated rings. The van der Waals surface area contributed by atoms with Crippen molar-refractivity contribution in [1.82, 2.24) is 5.32 Å². The first-order valence-electron chi connectivity index (χ1n) is 5.34. The maximum absolute atomic E-state index is 12.6. The van der Waals surface area contributed by atoms with Gasteiger partial charge in [-0.15, -0.1) is 11.3 Å². The summed E-state index contributed by atoms with van der Waals surface area (Å²) in [5, 5.41) is 2.90. The highest BCUT2D eigenvalue weighted by atomic mass is 32.1. The first kappa shape index (κ1) is 15.4. The summed E-state index contributed by atoms with van der Waals surface area (Å²) in [5.74, 6) is -4.09. The smallest absolute Gasteiger partial charge is 0.330 e. The van der Waals surface area contributed by atoms with E-state index in [0.29, 0.717) is 0 Å². The molecule has 1 N–H and O–H groups in total. The summed E-state index contributed by atoms with van der Waals surface area (Å²) >= 11 is 1.51. The van der Waals surface area contributed by atoms with Gasteiger partial charge in [-0.1, -0.05) is 0 Å². The Morgan fingerprint density at radius 1 is 1.39 bits per heavy atom. The second kappa shape index (κ2) is 6.49. The van der Waals surface area contributed by atoms with E-state index in [2.05, 4.69) is 5.32 Å². The van der Waals surface area contributed by atoms with Crippen LogP contribution in [0.3, 0.4) is 0 Å². The van der Waals surface area contributed by atoms with Gasteiger partial charge in [-0.25, -0.2) is 8.78 Å². The monoisotopic (exact) mass is 285 g/mol. The summed E-state index contributed by atoms with van der Waals surface area (Å²) in [6.45, 7) is 0.582. The number of ether oxygens (including phenoxy) is 1. The van der Waals surface area contributed by atoms with Gasteiger partial charge in [-0.2, -0.15) is 8.78 Å². The van der Waals surface area contributed by atoms with Gasteiger partial charge in [0.2, 0.25) is 0 Å². The Labute approximate surface area is 107 Å². The van der Waals surface area contributed by atoms with E-state index in [9.17, 15) is 17.6 Å². The molecule has 0 amide bonds. The lowest BCUT2D eigenvalue weighted by atomic mass is 10.2. The van der Waals surface area contributed by atoms with Crippen LogP contribution in [0, 0.1) is 6.92 Å². The van der Waals surface area contributed by atoms with Crippen molar-refractivity contribution in [3.05, 3.63) is 21.9 Å². The zero-order valence-electron chi connectivity index (χ0n) is 10.1. The maximum Gasteiger partial charge on any atom is 0.330 e. The summed E-state index contributed by atoms with van der Waals surface area (Å²) < 4.78 is 53.7. The maximum atomic E-state index is 12.6. The summed E-state index contributed by atoms with van der Waals surface area (Å²) in [7, 11) is 1.66. The second-order valence-electron chi connectivity index (χ2n) is 3.87. The van der Waals surface area contributed by atoms with Gasteiger partial charge in [-0.3, -0.25) is 0 Å². The average Bonchev–Trinajstić information content (AvgIpc) is 2.71. The molecule has 0 saturated carbocycles. The van der Waals surface area contributed by atoms with Crippen molar-refractivity contribution in [3.8, 4) is 0 Å². The molecule has 1 heterocycles. The Morgan fingerprint density at radius 2 is 2.06 bits per heavy atom. The molecule has 0 aliphatic heterocycles. The molecule has 1 rings (SSSR count). The van der Waals surface area contributed by atoms with Crippen molar-refractivity contribution < 1.29 is 22.3 Å². The van der Waals surface area contributed by atoms with Crippen LogP contribution in [-0.2, 0) is 4.74 Å². The second-order valence-corrected chi connectivity index (χ2v) is 5.19. The quantitative estimate of drug-likeness (QED) is 0.777. The van der Waals surface area contributed by atoms with Gasteiger partial charge in [0.25, 0.3) is 0 Å². The number of hydrogen-bond acceptors (Lipinski definition) is 3. The lowest BCUT2D eigenvalue weighted by Gasteiger charge is -2.18. The molecular formula is C11H15F4NOS. The van der Waals surface area contributed by atoms with Crippen LogP contribution in [0.4, 0.5) is 17.6 Å². The first-order chi connectivity index (χ1) is 8.36. The molecule has 1 aromatic rings. The van der Waals surface area contributed by atoms with E-state index in [1.165, 1.54) is 11.3 Å². The van der Waals surface area contributed by atoms with Gasteiger partial charge in [0.15, 0.2) is 0 Å². The predicted octanol–water partition coefficient (Wildman–Crippen LogP) is 3.23. The van der Waals surface area contributed by atoms with E-state index in [-0.39, 0.29) is 12.6 Å². The summed E-state index contributed by atoms with van der Waals surface area (Å²) in [5.41, 5.74) is 0. The van der Waals surface area contributed by atoms with Gasteiger partial charge in [-0.05, 0) is 26.1 Å². The number of hydrogen-bond donors (Lipinski definition) is 1. The molecule has 0 aliphatic rings. The third-order valence-corrected chi connectivity index (χ3v) is 3.47. The molecule has 0 bridgehead atoms. The number of likely N-dealkylation sites (N-methyl/N-ethyl adjacent to an activating group) is 1. The third-order valence-electron chi connectivity index (χ3n) is 2.35. The molecule has 0 spiro atoms. The van der Waals surface area contributed by atoms with Crippen LogP contribution in [-0.4, -0.2) is 32.6 Å². The van der Waals surface area contributed by atoms with E-state index in [1.54, 1.807) is 7.05 Å². The molecule has 1 aromatic heterocycles. The molecule has 1 atom stereocenters. The molecule has 0 aliphatic carbocycles. The number of rotatable bonds is 7. The Kier molecular flexibility index (Phi) is 5.55. The fourth-order valence-corrected chi connectivity index (χ4v) is 2.30. The van der Waals surface area contributed by atoms with Crippen molar-refractivity contribution in [1.29, 1.82) is 0 Å². The standard InChI is InChI=1S/C11H15F4NOS/c1-7-3-4-9(18-7)8(16-2)5-17-6-11(14,15)10(12)13/h3-4,8,10,16H,5-6H2,1-2H3. The summed E-state index contributed by atoms with van der Waals surface area (Å²) in [4.78, 5) is 2.01. The van der Waals surface area contributed by atoms with Gasteiger partial charge in [0, 0.05) is 9.75 Å². The molecule has 0 aromatic carbocycles. The van der Waals surface area contributed by atoms with Crippen molar-refractivity contribution in [2.45, 2.75) is 25.3 Å². The molecule has 0 radical (unpaired) electrons. The van der Waals surface area contributed by atoms with Crippen LogP contribution in [0.1, 0.15) is 15.8 Å². The van der Waals surface area contributed by atoms with Crippen LogP contribution in [0.2, 0.25) is 0 Å². The van der Waals surface area contributed by atoms with E-state index >= 15 is 0 Å². The lowest BCUT2D eigenvalue weighted by Crippen LogP contribution is -2.34. The highest BCUT2D eigenvalue weighted by Crippen LogP contribution is 2.25. The molecular weight excluding hydrogens is 270 g/mol. The highest BCUT2D eigenvalue weighted by Gasteiger charge is 2.41. The largest absolute Gasteiger partial charge is 0.373 e. The minimum Gasteiger partial charge on any atom is -0.373 e. The summed E-state index contributed by atoms with van der Waals surface area (Å²) in [6, 6.07) is 3.49. The number of halogens is 4. The van der Waals surface area contributed by atoms with Crippen molar-refractivity contribution in [2.24, 2.45) is 0 Å². The van der Waals surface area contributed by atoms with Crippen molar-refractivity contribution in [3.63, 3.8) is 0 Å². The SMILES string of the molecule is CNC(COCC(F)(F)C(F)F)c1ccc(C)s1. The summed E-state index contributed by atoms with van der Waals surface area (Å²) in [6.07, 6.45) is -3.70. The van der Waals surface area contributed by atoms with Crippen LogP contribution >= 0.6 is 11.3 Å². The zero-order valence-corrected chi connectivity index (χ0v) is 10.9. The molecule has 7 heteroatoms. The minimum absolute atomic E-state index is 0.0707. The average molecular weight is 285 g/mol. The van der Waals surface area contributed by atoms with Crippen molar-refractivity contribution in [2.75, 3.05) is 20.3 Å². The van der Waals surface area contributed by atoms with Crippen LogP contribution in [0.5, 0.6) is 0 Å². The Hall–Kier alpha value is -0.660. The van der Waals surface area contributed by atoms with E-state index in [1.807, 2.05) is 19.1 Å². The molecule has 1 unspecified atom stereocenters. The predicted molar refractivity (Wildman–Crippen MR) is 62.6 cm³/mol. The highest BCUT2D eigenvalue weighted by molar-refractivity contribution is 7.12. The van der Waals surface area contributed by atoms with Crippen molar-refractivity contribution >= 4 is 11.3 Å². The molecule has 2 nitrogen and oxygen atoms in total. The Morgan fingerprint density at radius 3 is 2.50 bits per heavy atom. The fraction of sp³-hybridized carbons (Fsp3) is 0.636. The Balaban J connectivity index is 2.46. The van der Waals surface area contributed by atoms with E-state index in [4.69, 9.17) is 4.74 Å². The fourth-order valence-electron chi connectivity index (χ4n) is 1.32. The van der Waals surface area contributed by atoms with Gasteiger partial charge >= 0.3 is 12.3 Å². The van der Waals surface area contributed by atoms with Gasteiger partial charge in [0.1, 0.15) is 6.61 Å². The topological polar surface area (TPSA) is 21.3 Å². The molecule has 18 heavy (non-hydrogen) atoms. The number of nitrogens with one attached hydrogen (secondary N) is 1. The lowest BCUT2D eigenvalue weighted by molar-refractivity contribution is -0.167. The van der Waals surface area contributed by atoms with E-state index < -0.39 is 19.0 Å². The van der Waals surface area contributed by atoms with Crippen LogP contribution < -0.4 is 5.32 Å². The molecule has 104 valence electrons. The van der Waals surface area contributed by atoms with Crippen LogP contribution in [0.25, 0.3) is 0 Å². The van der Waals surface area contributed by atoms with E-state index in [0.717, 1.165) is 9.75 Å². The zero-order chi connectivity index (χ0) is 13.8. The number of thiophene rings is 1.